The van der Waals surface area contributed by atoms with Crippen LogP contribution in [0.5, 0.6) is 0 Å². The molecule has 1 fully saturated rings. The van der Waals surface area contributed by atoms with E-state index in [1.165, 1.54) is 6.92 Å². The van der Waals surface area contributed by atoms with Gasteiger partial charge in [-0.1, -0.05) is 13.8 Å². The Bertz CT molecular complexity index is 489. The number of aliphatic hydroxyl groups excluding tert-OH is 1. The Morgan fingerprint density at radius 2 is 2.05 bits per heavy atom. The monoisotopic (exact) mass is 268 g/mol. The van der Waals surface area contributed by atoms with E-state index in [1.54, 1.807) is 6.92 Å². The van der Waals surface area contributed by atoms with E-state index in [0.717, 1.165) is 6.21 Å². The molecule has 0 aromatic heterocycles. The van der Waals surface area contributed by atoms with Gasteiger partial charge in [-0.05, 0) is 18.8 Å². The summed E-state index contributed by atoms with van der Waals surface area (Å²) in [7, 11) is 0. The van der Waals surface area contributed by atoms with Gasteiger partial charge >= 0.3 is 5.97 Å². The van der Waals surface area contributed by atoms with Crippen LogP contribution in [-0.4, -0.2) is 28.3 Å². The second kappa shape index (κ2) is 3.88. The van der Waals surface area contributed by atoms with Crippen LogP contribution in [0.3, 0.4) is 0 Å². The highest BCUT2D eigenvalue weighted by atomic mass is 16.8. The molecule has 0 aromatic carbocycles. The molecule has 3 unspecified atom stereocenters. The van der Waals surface area contributed by atoms with Crippen molar-refractivity contribution in [2.75, 3.05) is 0 Å². The van der Waals surface area contributed by atoms with Crippen molar-refractivity contribution in [1.82, 2.24) is 0 Å². The molecular weight excluding hydrogens is 250 g/mol. The quantitative estimate of drug-likeness (QED) is 0.357. The summed E-state index contributed by atoms with van der Waals surface area (Å²) in [6.45, 7) is 7.01. The summed E-state index contributed by atoms with van der Waals surface area (Å²) in [4.78, 5) is 10.6. The van der Waals surface area contributed by atoms with E-state index in [9.17, 15) is 20.3 Å². The fourth-order valence-corrected chi connectivity index (χ4v) is 3.59. The number of ether oxygens (including phenoxy) is 1. The number of fused-ring (bicyclic) bond motifs is 2. The molecule has 0 amide bonds. The molecule has 19 heavy (non-hydrogen) atoms. The minimum absolute atomic E-state index is 0.0169. The van der Waals surface area contributed by atoms with Crippen molar-refractivity contribution in [3.8, 4) is 0 Å². The normalized spacial score (nSPS) is 35.4. The van der Waals surface area contributed by atoms with Gasteiger partial charge in [-0.15, -0.1) is 0 Å². The first-order valence-corrected chi connectivity index (χ1v) is 6.21. The summed E-state index contributed by atoms with van der Waals surface area (Å²) >= 11 is 0. The van der Waals surface area contributed by atoms with Crippen molar-refractivity contribution in [2.45, 2.75) is 40.2 Å². The molecule has 2 bridgehead atoms. The van der Waals surface area contributed by atoms with Gasteiger partial charge in [0.05, 0.1) is 11.0 Å². The highest BCUT2D eigenvalue weighted by Gasteiger charge is 2.68. The van der Waals surface area contributed by atoms with E-state index in [4.69, 9.17) is 4.74 Å². The standard InChI is InChI=1S/C13H18NO5/c1-7(15)19-10-5-9-8(6-14(17)18)11(16)13(10,4)12(9,2)3/h6,9-10H,5H2,1-4H3,(H-,16,17,18)/q-1. The van der Waals surface area contributed by atoms with Crippen molar-refractivity contribution < 1.29 is 19.5 Å². The van der Waals surface area contributed by atoms with Gasteiger partial charge < -0.3 is 20.3 Å². The summed E-state index contributed by atoms with van der Waals surface area (Å²) < 4.78 is 5.29. The molecule has 0 heterocycles. The van der Waals surface area contributed by atoms with Crippen molar-refractivity contribution in [2.24, 2.45) is 16.7 Å². The average Bonchev–Trinajstić information content (AvgIpc) is 2.51. The minimum atomic E-state index is -0.773. The van der Waals surface area contributed by atoms with Crippen molar-refractivity contribution in [3.05, 3.63) is 21.7 Å². The Morgan fingerprint density at radius 1 is 1.47 bits per heavy atom. The number of carbonyl (C=O) groups excluding carboxylic acids is 1. The van der Waals surface area contributed by atoms with Crippen LogP contribution in [0.25, 0.3) is 0 Å². The molecule has 1 saturated carbocycles. The lowest BCUT2D eigenvalue weighted by Gasteiger charge is -2.38. The van der Waals surface area contributed by atoms with Crippen LogP contribution < -0.4 is 0 Å². The minimum Gasteiger partial charge on any atom is -0.612 e. The van der Waals surface area contributed by atoms with Gasteiger partial charge in [-0.25, -0.2) is 0 Å². The molecule has 106 valence electrons. The molecule has 0 spiro atoms. The van der Waals surface area contributed by atoms with Crippen molar-refractivity contribution in [1.29, 1.82) is 0 Å². The highest BCUT2D eigenvalue weighted by Crippen LogP contribution is 2.67. The first-order valence-electron chi connectivity index (χ1n) is 6.21. The zero-order valence-corrected chi connectivity index (χ0v) is 11.5. The van der Waals surface area contributed by atoms with E-state index >= 15 is 0 Å². The Balaban J connectivity index is 2.49. The Morgan fingerprint density at radius 3 is 2.47 bits per heavy atom. The molecule has 6 nitrogen and oxygen atoms in total. The Kier molecular flexibility index (Phi) is 2.80. The second-order valence-electron chi connectivity index (χ2n) is 6.03. The summed E-state index contributed by atoms with van der Waals surface area (Å²) in [6, 6.07) is 0. The third-order valence-electron chi connectivity index (χ3n) is 5.00. The molecule has 1 N–H and O–H groups in total. The van der Waals surface area contributed by atoms with Gasteiger partial charge in [0.15, 0.2) is 6.21 Å². The molecular formula is C13H18NO5-. The molecule has 2 aliphatic carbocycles. The third-order valence-corrected chi connectivity index (χ3v) is 5.00. The largest absolute Gasteiger partial charge is 0.612 e. The van der Waals surface area contributed by atoms with Crippen LogP contribution in [0.4, 0.5) is 0 Å². The van der Waals surface area contributed by atoms with E-state index in [0.29, 0.717) is 12.0 Å². The van der Waals surface area contributed by atoms with Gasteiger partial charge in [-0.2, -0.15) is 4.90 Å². The number of allylic oxidation sites excluding steroid dienone is 1. The molecule has 0 aromatic rings. The summed E-state index contributed by atoms with van der Waals surface area (Å²) in [5.74, 6) is -0.592. The second-order valence-corrected chi connectivity index (χ2v) is 6.03. The van der Waals surface area contributed by atoms with Crippen LogP contribution in [-0.2, 0) is 9.53 Å². The van der Waals surface area contributed by atoms with Gasteiger partial charge in [0, 0.05) is 12.8 Å². The van der Waals surface area contributed by atoms with Crippen LogP contribution in [0.15, 0.2) is 11.3 Å². The number of hydrogen-bond donors (Lipinski definition) is 1. The van der Waals surface area contributed by atoms with Crippen LogP contribution in [0.1, 0.15) is 34.1 Å². The Hall–Kier alpha value is -1.72. The van der Waals surface area contributed by atoms with Crippen molar-refractivity contribution >= 4 is 12.2 Å². The maximum atomic E-state index is 11.2. The lowest BCUT2D eigenvalue weighted by Crippen LogP contribution is -2.40. The lowest BCUT2D eigenvalue weighted by molar-refractivity contribution is -0.373. The molecule has 2 rings (SSSR count). The number of nitrogens with zero attached hydrogens (tertiary/aromatic N) is 1. The molecule has 0 saturated heterocycles. The van der Waals surface area contributed by atoms with E-state index in [-0.39, 0.29) is 17.1 Å². The van der Waals surface area contributed by atoms with Gasteiger partial charge in [0.1, 0.15) is 11.9 Å². The predicted octanol–water partition coefficient (Wildman–Crippen LogP) is 1.88. The number of aliphatic hydroxyl groups is 1. The fraction of sp³-hybridized carbons (Fsp3) is 0.692. The first kappa shape index (κ1) is 13.7. The fourth-order valence-electron chi connectivity index (χ4n) is 3.59. The van der Waals surface area contributed by atoms with E-state index in [1.807, 2.05) is 13.8 Å². The smallest absolute Gasteiger partial charge is 0.302 e. The van der Waals surface area contributed by atoms with Crippen LogP contribution >= 0.6 is 0 Å². The number of esters is 1. The molecule has 0 radical (unpaired) electrons. The maximum Gasteiger partial charge on any atom is 0.302 e. The predicted molar refractivity (Wildman–Crippen MR) is 68.3 cm³/mol. The van der Waals surface area contributed by atoms with Crippen LogP contribution in [0, 0.1) is 27.2 Å². The van der Waals surface area contributed by atoms with E-state index in [2.05, 4.69) is 0 Å². The topological polar surface area (TPSA) is 95.7 Å². The number of rotatable bonds is 2. The highest BCUT2D eigenvalue weighted by molar-refractivity contribution is 5.79. The third kappa shape index (κ3) is 1.62. The molecule has 6 heteroatoms. The molecule has 0 aliphatic heterocycles. The summed E-state index contributed by atoms with van der Waals surface area (Å²) in [5, 5.41) is 31.7. The number of hydrogen-bond acceptors (Lipinski definition) is 5. The maximum absolute atomic E-state index is 11.2. The van der Waals surface area contributed by atoms with Crippen molar-refractivity contribution in [3.63, 3.8) is 0 Å². The summed E-state index contributed by atoms with van der Waals surface area (Å²) in [5.41, 5.74) is -0.801. The average molecular weight is 268 g/mol. The van der Waals surface area contributed by atoms with Gasteiger partial charge in [0.2, 0.25) is 0 Å². The zero-order chi connectivity index (χ0) is 14.6. The van der Waals surface area contributed by atoms with Crippen LogP contribution in [0.2, 0.25) is 0 Å². The number of carbonyl (C=O) groups is 1. The molecule has 2 aliphatic rings. The summed E-state index contributed by atoms with van der Waals surface area (Å²) in [6.07, 6.45) is 0.943. The lowest BCUT2D eigenvalue weighted by atomic mass is 9.69. The first-order chi connectivity index (χ1) is 8.62. The van der Waals surface area contributed by atoms with Gasteiger partial charge in [0.25, 0.3) is 0 Å². The molecule has 3 atom stereocenters. The van der Waals surface area contributed by atoms with Gasteiger partial charge in [-0.3, -0.25) is 4.79 Å². The SMILES string of the molecule is CC(=O)OC1CC2C(C=[N+]([O-])[O-])=C(O)C1(C)C2(C)C. The zero-order valence-electron chi connectivity index (χ0n) is 11.5. The van der Waals surface area contributed by atoms with E-state index < -0.39 is 22.4 Å². The Labute approximate surface area is 111 Å².